The highest BCUT2D eigenvalue weighted by molar-refractivity contribution is 5.86. The smallest absolute Gasteiger partial charge is 0.312 e. The third-order valence-electron chi connectivity index (χ3n) is 3.77. The Kier molecular flexibility index (Phi) is 5.97. The number of urea groups is 1. The quantitative estimate of drug-likeness (QED) is 0.720. The summed E-state index contributed by atoms with van der Waals surface area (Å²) in [6.07, 6.45) is 2.09. The molecule has 1 saturated heterocycles. The molecule has 2 rings (SSSR count). The van der Waals surface area contributed by atoms with Crippen molar-refractivity contribution in [2.45, 2.75) is 45.6 Å². The number of morpholine rings is 1. The number of nitrogens with one attached hydrogen (secondary N) is 2. The maximum atomic E-state index is 11.8. The monoisotopic (exact) mass is 335 g/mol. The van der Waals surface area contributed by atoms with E-state index in [2.05, 4.69) is 20.5 Å². The maximum absolute atomic E-state index is 11.8. The van der Waals surface area contributed by atoms with Crippen LogP contribution < -0.4 is 21.3 Å². The van der Waals surface area contributed by atoms with Crippen LogP contribution in [0.5, 0.6) is 0 Å². The molecule has 24 heavy (non-hydrogen) atoms. The van der Waals surface area contributed by atoms with Crippen LogP contribution >= 0.6 is 0 Å². The van der Waals surface area contributed by atoms with Gasteiger partial charge in [-0.1, -0.05) is 6.07 Å². The van der Waals surface area contributed by atoms with Gasteiger partial charge in [-0.15, -0.1) is 0 Å². The lowest BCUT2D eigenvalue weighted by Gasteiger charge is -2.36. The van der Waals surface area contributed by atoms with E-state index in [1.807, 2.05) is 26.0 Å². The Bertz CT molecular complexity index is 568. The van der Waals surface area contributed by atoms with E-state index in [4.69, 9.17) is 10.5 Å². The van der Waals surface area contributed by atoms with Gasteiger partial charge in [0.25, 0.3) is 0 Å². The van der Waals surface area contributed by atoms with Crippen LogP contribution in [0.1, 0.15) is 26.3 Å². The second-order valence-corrected chi connectivity index (χ2v) is 6.14. The highest BCUT2D eigenvalue weighted by Gasteiger charge is 2.23. The van der Waals surface area contributed by atoms with Gasteiger partial charge >= 0.3 is 6.03 Å². The largest absolute Gasteiger partial charge is 0.372 e. The molecule has 0 spiro atoms. The van der Waals surface area contributed by atoms with E-state index in [0.717, 1.165) is 24.5 Å². The average molecular weight is 335 g/mol. The number of aromatic nitrogens is 1. The number of anilines is 1. The van der Waals surface area contributed by atoms with Crippen molar-refractivity contribution >= 4 is 17.8 Å². The molecule has 0 bridgehead atoms. The van der Waals surface area contributed by atoms with Crippen LogP contribution in [0.4, 0.5) is 10.6 Å². The first kappa shape index (κ1) is 18.0. The number of carbonyl (C=O) groups excluding carboxylic acids is 2. The van der Waals surface area contributed by atoms with Crippen molar-refractivity contribution in [3.05, 3.63) is 23.9 Å². The van der Waals surface area contributed by atoms with Crippen LogP contribution in [0.15, 0.2) is 18.3 Å². The molecule has 0 aromatic carbocycles. The summed E-state index contributed by atoms with van der Waals surface area (Å²) in [6.45, 7) is 7.63. The number of rotatable bonds is 5. The first-order chi connectivity index (χ1) is 11.3. The molecule has 0 saturated carbocycles. The summed E-state index contributed by atoms with van der Waals surface area (Å²) >= 11 is 0. The molecule has 0 aliphatic carbocycles. The normalized spacial score (nSPS) is 21.9. The average Bonchev–Trinajstić information content (AvgIpc) is 2.51. The lowest BCUT2D eigenvalue weighted by atomic mass is 10.2. The molecule has 3 atom stereocenters. The van der Waals surface area contributed by atoms with E-state index < -0.39 is 12.1 Å². The Morgan fingerprint density at radius 3 is 2.58 bits per heavy atom. The fraction of sp³-hybridized carbons (Fsp3) is 0.562. The molecule has 8 heteroatoms. The van der Waals surface area contributed by atoms with Gasteiger partial charge in [0.05, 0.1) is 12.2 Å². The lowest BCUT2D eigenvalue weighted by Crippen LogP contribution is -2.46. The van der Waals surface area contributed by atoms with Gasteiger partial charge in [-0.2, -0.15) is 0 Å². The number of hydrogen-bond donors (Lipinski definition) is 3. The molecule has 1 aliphatic heterocycles. The Labute approximate surface area is 141 Å². The molecule has 4 N–H and O–H groups in total. The first-order valence-corrected chi connectivity index (χ1v) is 8.04. The summed E-state index contributed by atoms with van der Waals surface area (Å²) in [7, 11) is 0. The molecule has 8 nitrogen and oxygen atoms in total. The third kappa shape index (κ3) is 5.09. The maximum Gasteiger partial charge on any atom is 0.312 e. The SMILES string of the molecule is C[C@@H]1CN(c2ccc(CNC(=O)[C@H](C)NC(N)=O)cn2)C[C@H](C)O1. The number of primary amides is 1. The second-order valence-electron chi connectivity index (χ2n) is 6.14. The summed E-state index contributed by atoms with van der Waals surface area (Å²) in [5, 5.41) is 5.07. The number of pyridine rings is 1. The molecule has 2 heterocycles. The summed E-state index contributed by atoms with van der Waals surface area (Å²) in [4.78, 5) is 29.2. The van der Waals surface area contributed by atoms with Crippen LogP contribution in [0.2, 0.25) is 0 Å². The zero-order valence-corrected chi connectivity index (χ0v) is 14.3. The molecule has 132 valence electrons. The van der Waals surface area contributed by atoms with Crippen LogP contribution in [0, 0.1) is 0 Å². The van der Waals surface area contributed by atoms with Gasteiger partial charge in [0, 0.05) is 25.8 Å². The summed E-state index contributed by atoms with van der Waals surface area (Å²) < 4.78 is 5.72. The predicted molar refractivity (Wildman–Crippen MR) is 90.5 cm³/mol. The molecule has 1 aliphatic rings. The Morgan fingerprint density at radius 1 is 1.38 bits per heavy atom. The van der Waals surface area contributed by atoms with E-state index in [0.29, 0.717) is 6.54 Å². The van der Waals surface area contributed by atoms with Crippen LogP contribution in [-0.4, -0.2) is 48.3 Å². The first-order valence-electron chi connectivity index (χ1n) is 8.04. The minimum Gasteiger partial charge on any atom is -0.372 e. The number of hydrogen-bond acceptors (Lipinski definition) is 5. The molecule has 0 unspecified atom stereocenters. The van der Waals surface area contributed by atoms with E-state index in [9.17, 15) is 9.59 Å². The minimum absolute atomic E-state index is 0.175. The van der Waals surface area contributed by atoms with Crippen LogP contribution in [0.3, 0.4) is 0 Å². The van der Waals surface area contributed by atoms with Crippen molar-refractivity contribution in [3.63, 3.8) is 0 Å². The molecule has 1 aromatic rings. The van der Waals surface area contributed by atoms with E-state index in [1.54, 1.807) is 13.1 Å². The van der Waals surface area contributed by atoms with Crippen molar-refractivity contribution in [3.8, 4) is 0 Å². The fourth-order valence-electron chi connectivity index (χ4n) is 2.69. The standard InChI is InChI=1S/C16H25N5O3/c1-10-8-21(9-11(2)24-10)14-5-4-13(6-18-14)7-19-15(22)12(3)20-16(17)23/h4-6,10-12H,7-9H2,1-3H3,(H,19,22)(H3,17,20,23)/t10-,11+,12-/m0/s1. The summed E-state index contributed by atoms with van der Waals surface area (Å²) in [6, 6.07) is 2.47. The molecule has 1 aromatic heterocycles. The minimum atomic E-state index is -0.724. The van der Waals surface area contributed by atoms with Crippen LogP contribution in [0.25, 0.3) is 0 Å². The molecule has 3 amide bonds. The molecular formula is C16H25N5O3. The third-order valence-corrected chi connectivity index (χ3v) is 3.77. The number of amides is 3. The highest BCUT2D eigenvalue weighted by atomic mass is 16.5. The van der Waals surface area contributed by atoms with Crippen molar-refractivity contribution in [2.75, 3.05) is 18.0 Å². The number of nitrogens with zero attached hydrogens (tertiary/aromatic N) is 2. The van der Waals surface area contributed by atoms with Gasteiger partial charge in [0.15, 0.2) is 0 Å². The zero-order chi connectivity index (χ0) is 17.7. The molecule has 1 fully saturated rings. The summed E-state index contributed by atoms with van der Waals surface area (Å²) in [5.41, 5.74) is 5.87. The number of nitrogens with two attached hydrogens (primary N) is 1. The van der Waals surface area contributed by atoms with Crippen molar-refractivity contribution in [1.29, 1.82) is 0 Å². The molecule has 0 radical (unpaired) electrons. The van der Waals surface area contributed by atoms with Crippen molar-refractivity contribution in [1.82, 2.24) is 15.6 Å². The van der Waals surface area contributed by atoms with Crippen molar-refractivity contribution in [2.24, 2.45) is 5.73 Å². The number of carbonyl (C=O) groups is 2. The fourth-order valence-corrected chi connectivity index (χ4v) is 2.69. The van der Waals surface area contributed by atoms with Gasteiger partial charge in [-0.05, 0) is 32.4 Å². The topological polar surface area (TPSA) is 110 Å². The Balaban J connectivity index is 1.88. The highest BCUT2D eigenvalue weighted by Crippen LogP contribution is 2.18. The van der Waals surface area contributed by atoms with Crippen LogP contribution in [-0.2, 0) is 16.1 Å². The van der Waals surface area contributed by atoms with Gasteiger partial charge < -0.3 is 26.0 Å². The van der Waals surface area contributed by atoms with Gasteiger partial charge in [0.1, 0.15) is 11.9 Å². The Morgan fingerprint density at radius 2 is 2.04 bits per heavy atom. The summed E-state index contributed by atoms with van der Waals surface area (Å²) in [5.74, 6) is 0.601. The van der Waals surface area contributed by atoms with E-state index in [-0.39, 0.29) is 18.1 Å². The zero-order valence-electron chi connectivity index (χ0n) is 14.3. The van der Waals surface area contributed by atoms with Gasteiger partial charge in [-0.25, -0.2) is 9.78 Å². The Hall–Kier alpha value is -2.35. The lowest BCUT2D eigenvalue weighted by molar-refractivity contribution is -0.122. The molecular weight excluding hydrogens is 310 g/mol. The second kappa shape index (κ2) is 7.96. The predicted octanol–water partition coefficient (Wildman–Crippen LogP) is 0.368. The van der Waals surface area contributed by atoms with E-state index in [1.165, 1.54) is 0 Å². The van der Waals surface area contributed by atoms with Gasteiger partial charge in [0.2, 0.25) is 5.91 Å². The van der Waals surface area contributed by atoms with Gasteiger partial charge in [-0.3, -0.25) is 4.79 Å². The number of ether oxygens (including phenoxy) is 1. The van der Waals surface area contributed by atoms with Crippen molar-refractivity contribution < 1.29 is 14.3 Å². The van der Waals surface area contributed by atoms with E-state index >= 15 is 0 Å².